The van der Waals surface area contributed by atoms with E-state index < -0.39 is 0 Å². The van der Waals surface area contributed by atoms with Crippen molar-refractivity contribution in [2.45, 2.75) is 66.7 Å². The summed E-state index contributed by atoms with van der Waals surface area (Å²) in [6, 6.07) is 6.08. The first-order chi connectivity index (χ1) is 10.8. The number of carbonyl (C=O) groups is 2. The highest BCUT2D eigenvalue weighted by Gasteiger charge is 2.11. The van der Waals surface area contributed by atoms with Crippen LogP contribution in [0.1, 0.15) is 64.5 Å². The molecule has 0 saturated heterocycles. The Balaban J connectivity index is 2.49. The third-order valence-electron chi connectivity index (χ3n) is 4.24. The maximum absolute atomic E-state index is 11.9. The van der Waals surface area contributed by atoms with Crippen LogP contribution in [0.15, 0.2) is 18.2 Å². The first-order valence-corrected chi connectivity index (χ1v) is 8.75. The van der Waals surface area contributed by atoms with E-state index in [1.807, 2.05) is 39.8 Å². The predicted octanol–water partition coefficient (Wildman–Crippen LogP) is 4.92. The summed E-state index contributed by atoms with van der Waals surface area (Å²) in [5.74, 6) is 0.548. The standard InChI is InChI=1S/C20H31NO2/c1-14(2)19(22)13-8-6-7-10-17-11-9-12-18(16(17)5)21-20(23)15(3)4/h9,11-12,14-15H,6-8,10,13H2,1-5H3,(H,21,23). The molecule has 1 rings (SSSR count). The summed E-state index contributed by atoms with van der Waals surface area (Å²) < 4.78 is 0. The second-order valence-corrected chi connectivity index (χ2v) is 6.92. The molecule has 0 bridgehead atoms. The summed E-state index contributed by atoms with van der Waals surface area (Å²) in [7, 11) is 0. The van der Waals surface area contributed by atoms with E-state index >= 15 is 0 Å². The van der Waals surface area contributed by atoms with E-state index in [4.69, 9.17) is 0 Å². The van der Waals surface area contributed by atoms with Crippen molar-refractivity contribution >= 4 is 17.4 Å². The second-order valence-electron chi connectivity index (χ2n) is 6.92. The molecule has 0 unspecified atom stereocenters. The molecule has 3 heteroatoms. The summed E-state index contributed by atoms with van der Waals surface area (Å²) >= 11 is 0. The van der Waals surface area contributed by atoms with Gasteiger partial charge in [0.25, 0.3) is 0 Å². The Labute approximate surface area is 140 Å². The molecule has 1 amide bonds. The van der Waals surface area contributed by atoms with Crippen LogP contribution >= 0.6 is 0 Å². The molecule has 0 saturated carbocycles. The largest absolute Gasteiger partial charge is 0.326 e. The van der Waals surface area contributed by atoms with Crippen molar-refractivity contribution < 1.29 is 9.59 Å². The lowest BCUT2D eigenvalue weighted by molar-refractivity contribution is -0.122. The number of nitrogens with one attached hydrogen (secondary N) is 1. The van der Waals surface area contributed by atoms with Crippen LogP contribution < -0.4 is 5.32 Å². The highest BCUT2D eigenvalue weighted by Crippen LogP contribution is 2.21. The van der Waals surface area contributed by atoms with Crippen molar-refractivity contribution in [2.24, 2.45) is 11.8 Å². The van der Waals surface area contributed by atoms with Crippen molar-refractivity contribution in [3.05, 3.63) is 29.3 Å². The first-order valence-electron chi connectivity index (χ1n) is 8.75. The van der Waals surface area contributed by atoms with Gasteiger partial charge in [-0.25, -0.2) is 0 Å². The zero-order chi connectivity index (χ0) is 17.4. The number of unbranched alkanes of at least 4 members (excludes halogenated alkanes) is 2. The molecule has 128 valence electrons. The van der Waals surface area contributed by atoms with Crippen molar-refractivity contribution in [1.82, 2.24) is 0 Å². The number of hydrogen-bond acceptors (Lipinski definition) is 2. The average Bonchev–Trinajstić information content (AvgIpc) is 2.49. The minimum absolute atomic E-state index is 0.0171. The quantitative estimate of drug-likeness (QED) is 0.657. The highest BCUT2D eigenvalue weighted by molar-refractivity contribution is 5.92. The SMILES string of the molecule is Cc1c(CCCCCC(=O)C(C)C)cccc1NC(=O)C(C)C. The maximum Gasteiger partial charge on any atom is 0.226 e. The minimum atomic E-state index is -0.0171. The van der Waals surface area contributed by atoms with E-state index in [2.05, 4.69) is 18.3 Å². The molecule has 0 atom stereocenters. The summed E-state index contributed by atoms with van der Waals surface area (Å²) in [4.78, 5) is 23.4. The van der Waals surface area contributed by atoms with Gasteiger partial charge in [0.2, 0.25) is 5.91 Å². The summed E-state index contributed by atoms with van der Waals surface area (Å²) in [5, 5.41) is 3.00. The van der Waals surface area contributed by atoms with Gasteiger partial charge in [0.1, 0.15) is 5.78 Å². The molecule has 0 spiro atoms. The molecule has 1 N–H and O–H groups in total. The fourth-order valence-corrected chi connectivity index (χ4v) is 2.45. The molecule has 23 heavy (non-hydrogen) atoms. The average molecular weight is 317 g/mol. The van der Waals surface area contributed by atoms with E-state index in [9.17, 15) is 9.59 Å². The normalized spacial score (nSPS) is 11.1. The van der Waals surface area contributed by atoms with E-state index in [1.54, 1.807) is 0 Å². The summed E-state index contributed by atoms with van der Waals surface area (Å²) in [6.07, 6.45) is 4.81. The molecule has 0 heterocycles. The Hall–Kier alpha value is -1.64. The van der Waals surface area contributed by atoms with Crippen LogP contribution in [-0.4, -0.2) is 11.7 Å². The molecule has 1 aromatic rings. The van der Waals surface area contributed by atoms with E-state index in [0.717, 1.165) is 36.9 Å². The van der Waals surface area contributed by atoms with E-state index in [0.29, 0.717) is 12.2 Å². The maximum atomic E-state index is 11.9. The zero-order valence-electron chi connectivity index (χ0n) is 15.2. The monoisotopic (exact) mass is 317 g/mol. The zero-order valence-corrected chi connectivity index (χ0v) is 15.2. The Morgan fingerprint density at radius 2 is 1.70 bits per heavy atom. The highest BCUT2D eigenvalue weighted by atomic mass is 16.1. The fraction of sp³-hybridized carbons (Fsp3) is 0.600. The van der Waals surface area contributed by atoms with E-state index in [1.165, 1.54) is 5.56 Å². The van der Waals surface area contributed by atoms with Gasteiger partial charge < -0.3 is 5.32 Å². The van der Waals surface area contributed by atoms with Crippen LogP contribution in [0, 0.1) is 18.8 Å². The lowest BCUT2D eigenvalue weighted by Gasteiger charge is -2.14. The van der Waals surface area contributed by atoms with Crippen LogP contribution in [-0.2, 0) is 16.0 Å². The predicted molar refractivity (Wildman–Crippen MR) is 96.7 cm³/mol. The molecule has 0 aliphatic heterocycles. The molecular formula is C20H31NO2. The Morgan fingerprint density at radius 3 is 2.30 bits per heavy atom. The van der Waals surface area contributed by atoms with Crippen molar-refractivity contribution in [3.63, 3.8) is 0 Å². The molecule has 0 fully saturated rings. The van der Waals surface area contributed by atoms with Crippen LogP contribution in [0.5, 0.6) is 0 Å². The molecule has 1 aromatic carbocycles. The number of rotatable bonds is 9. The van der Waals surface area contributed by atoms with Crippen molar-refractivity contribution in [2.75, 3.05) is 5.32 Å². The molecule has 0 aliphatic carbocycles. The third-order valence-corrected chi connectivity index (χ3v) is 4.24. The molecule has 0 aromatic heterocycles. The molecule has 0 radical (unpaired) electrons. The number of carbonyl (C=O) groups excluding carboxylic acids is 2. The Morgan fingerprint density at radius 1 is 1.00 bits per heavy atom. The topological polar surface area (TPSA) is 46.2 Å². The van der Waals surface area contributed by atoms with E-state index in [-0.39, 0.29) is 17.7 Å². The van der Waals surface area contributed by atoms with Crippen LogP contribution in [0.4, 0.5) is 5.69 Å². The number of ketones is 1. The first kappa shape index (κ1) is 19.4. The Bertz CT molecular complexity index is 532. The minimum Gasteiger partial charge on any atom is -0.326 e. The van der Waals surface area contributed by atoms with Crippen LogP contribution in [0.3, 0.4) is 0 Å². The number of aryl methyl sites for hydroxylation is 1. The summed E-state index contributed by atoms with van der Waals surface area (Å²) in [6.45, 7) is 9.78. The summed E-state index contributed by atoms with van der Waals surface area (Å²) in [5.41, 5.74) is 3.35. The van der Waals surface area contributed by atoms with Crippen LogP contribution in [0.2, 0.25) is 0 Å². The number of hydrogen-bond donors (Lipinski definition) is 1. The third kappa shape index (κ3) is 6.55. The number of amides is 1. The van der Waals surface area contributed by atoms with Gasteiger partial charge in [-0.05, 0) is 43.4 Å². The van der Waals surface area contributed by atoms with Gasteiger partial charge in [-0.1, -0.05) is 46.2 Å². The van der Waals surface area contributed by atoms with Gasteiger partial charge in [-0.3, -0.25) is 9.59 Å². The Kier molecular flexibility index (Phi) is 8.01. The molecule has 3 nitrogen and oxygen atoms in total. The lowest BCUT2D eigenvalue weighted by Crippen LogP contribution is -2.18. The van der Waals surface area contributed by atoms with Gasteiger partial charge >= 0.3 is 0 Å². The molecular weight excluding hydrogens is 286 g/mol. The van der Waals surface area contributed by atoms with Gasteiger partial charge in [0.05, 0.1) is 0 Å². The van der Waals surface area contributed by atoms with Gasteiger partial charge in [0.15, 0.2) is 0 Å². The smallest absolute Gasteiger partial charge is 0.226 e. The second kappa shape index (κ2) is 9.49. The molecule has 0 aliphatic rings. The number of benzene rings is 1. The van der Waals surface area contributed by atoms with Gasteiger partial charge in [0, 0.05) is 23.9 Å². The van der Waals surface area contributed by atoms with Crippen molar-refractivity contribution in [1.29, 1.82) is 0 Å². The fourth-order valence-electron chi connectivity index (χ4n) is 2.45. The van der Waals surface area contributed by atoms with Gasteiger partial charge in [-0.15, -0.1) is 0 Å². The van der Waals surface area contributed by atoms with Crippen molar-refractivity contribution in [3.8, 4) is 0 Å². The van der Waals surface area contributed by atoms with Crippen LogP contribution in [0.25, 0.3) is 0 Å². The van der Waals surface area contributed by atoms with Gasteiger partial charge in [-0.2, -0.15) is 0 Å². The number of anilines is 1. The number of Topliss-reactive ketones (excluding diaryl/α,β-unsaturated/α-hetero) is 1. The lowest BCUT2D eigenvalue weighted by atomic mass is 9.98.